The third kappa shape index (κ3) is 3.82. The second kappa shape index (κ2) is 7.74. The highest BCUT2D eigenvalue weighted by Crippen LogP contribution is 2.25. The minimum absolute atomic E-state index is 0.313. The molecule has 2 heterocycles. The minimum Gasteiger partial charge on any atom is -0.485 e. The van der Waals surface area contributed by atoms with Crippen molar-refractivity contribution in [3.63, 3.8) is 0 Å². The van der Waals surface area contributed by atoms with Crippen molar-refractivity contribution in [2.75, 3.05) is 0 Å². The average Bonchev–Trinajstić information content (AvgIpc) is 3.38. The highest BCUT2D eigenvalue weighted by molar-refractivity contribution is 5.57. The van der Waals surface area contributed by atoms with E-state index in [0.717, 1.165) is 23.3 Å². The quantitative estimate of drug-likeness (QED) is 0.419. The molecule has 0 unspecified atom stereocenters. The molecule has 4 rings (SSSR count). The normalized spacial score (nSPS) is 10.7. The molecule has 0 aliphatic carbocycles. The lowest BCUT2D eigenvalue weighted by atomic mass is 10.1. The molecule has 4 aromatic rings. The number of ether oxygens (including phenoxy) is 1. The fourth-order valence-corrected chi connectivity index (χ4v) is 2.72. The summed E-state index contributed by atoms with van der Waals surface area (Å²) in [5.41, 5.74) is 1.98. The van der Waals surface area contributed by atoms with E-state index in [0.29, 0.717) is 29.8 Å². The Morgan fingerprint density at radius 2 is 1.78 bits per heavy atom. The van der Waals surface area contributed by atoms with Crippen LogP contribution in [0.15, 0.2) is 88.3 Å². The fourth-order valence-electron chi connectivity index (χ4n) is 2.72. The summed E-state index contributed by atoms with van der Waals surface area (Å²) in [6, 6.07) is 21.2. The number of nitrogens with zero attached hydrogens (tertiary/aromatic N) is 2. The first kappa shape index (κ1) is 16.8. The van der Waals surface area contributed by atoms with Crippen LogP contribution in [0.5, 0.6) is 5.75 Å². The third-order valence-corrected chi connectivity index (χ3v) is 4.04. The van der Waals surface area contributed by atoms with Gasteiger partial charge in [0.2, 0.25) is 5.82 Å². The number of hydrogen-bond acceptors (Lipinski definition) is 5. The van der Waals surface area contributed by atoms with Gasteiger partial charge in [0, 0.05) is 5.56 Å². The Labute approximate surface area is 156 Å². The second-order valence-electron chi connectivity index (χ2n) is 5.94. The van der Waals surface area contributed by atoms with Crippen LogP contribution in [-0.4, -0.2) is 10.1 Å². The van der Waals surface area contributed by atoms with Crippen molar-refractivity contribution in [2.45, 2.75) is 13.0 Å². The van der Waals surface area contributed by atoms with Gasteiger partial charge in [0.05, 0.1) is 0 Å². The number of furan rings is 1. The number of aromatic nitrogens is 2. The summed E-state index contributed by atoms with van der Waals surface area (Å²) in [6.07, 6.45) is 2.61. The van der Waals surface area contributed by atoms with Gasteiger partial charge in [0.1, 0.15) is 18.1 Å². The molecule has 5 heteroatoms. The van der Waals surface area contributed by atoms with Crippen LogP contribution in [0.3, 0.4) is 0 Å². The van der Waals surface area contributed by atoms with Gasteiger partial charge in [-0.2, -0.15) is 4.98 Å². The van der Waals surface area contributed by atoms with Crippen LogP contribution in [0.25, 0.3) is 23.0 Å². The van der Waals surface area contributed by atoms with Crippen molar-refractivity contribution in [1.82, 2.24) is 10.1 Å². The molecule has 0 amide bonds. The molecule has 0 saturated carbocycles. The van der Waals surface area contributed by atoms with Gasteiger partial charge >= 0.3 is 0 Å². The van der Waals surface area contributed by atoms with Crippen LogP contribution >= 0.6 is 0 Å². The summed E-state index contributed by atoms with van der Waals surface area (Å²) in [4.78, 5) is 4.40. The summed E-state index contributed by atoms with van der Waals surface area (Å²) >= 11 is 0. The van der Waals surface area contributed by atoms with Crippen LogP contribution in [0.1, 0.15) is 11.3 Å². The summed E-state index contributed by atoms with van der Waals surface area (Å²) < 4.78 is 17.0. The van der Waals surface area contributed by atoms with Crippen LogP contribution in [0, 0.1) is 0 Å². The van der Waals surface area contributed by atoms with E-state index in [9.17, 15) is 0 Å². The van der Waals surface area contributed by atoms with Crippen molar-refractivity contribution in [3.05, 3.63) is 90.7 Å². The van der Waals surface area contributed by atoms with E-state index in [1.807, 2.05) is 66.7 Å². The number of hydrogen-bond donors (Lipinski definition) is 0. The van der Waals surface area contributed by atoms with E-state index in [2.05, 4.69) is 16.7 Å². The van der Waals surface area contributed by atoms with Crippen LogP contribution in [-0.2, 0) is 13.0 Å². The first-order valence-corrected chi connectivity index (χ1v) is 8.63. The summed E-state index contributed by atoms with van der Waals surface area (Å²) in [5, 5.41) is 4.01. The molecular formula is C22H18N2O3. The van der Waals surface area contributed by atoms with Crippen molar-refractivity contribution in [3.8, 4) is 28.8 Å². The number of benzene rings is 2. The Hall–Kier alpha value is -3.60. The van der Waals surface area contributed by atoms with E-state index in [-0.39, 0.29) is 0 Å². The standard InChI is InChI=1S/C22H18N2O3/c1-2-8-16-9-6-7-12-19(16)25-15-18-13-14-20(26-18)22-23-21(24-27-22)17-10-4-3-5-11-17/h2-7,9-14H,1,8,15H2. The fraction of sp³-hybridized carbons (Fsp3) is 0.0909. The maximum Gasteiger partial charge on any atom is 0.293 e. The van der Waals surface area contributed by atoms with Crippen molar-refractivity contribution in [1.29, 1.82) is 0 Å². The molecule has 0 N–H and O–H groups in total. The van der Waals surface area contributed by atoms with Crippen LogP contribution in [0.4, 0.5) is 0 Å². The monoisotopic (exact) mass is 358 g/mol. The lowest BCUT2D eigenvalue weighted by Crippen LogP contribution is -1.97. The van der Waals surface area contributed by atoms with Crippen LogP contribution < -0.4 is 4.74 Å². The predicted molar refractivity (Wildman–Crippen MR) is 102 cm³/mol. The first-order valence-electron chi connectivity index (χ1n) is 8.63. The van der Waals surface area contributed by atoms with Gasteiger partial charge in [0.25, 0.3) is 5.89 Å². The van der Waals surface area contributed by atoms with E-state index >= 15 is 0 Å². The molecule has 0 saturated heterocycles. The number of rotatable bonds is 7. The largest absolute Gasteiger partial charge is 0.485 e. The van der Waals surface area contributed by atoms with E-state index in [1.54, 1.807) is 6.07 Å². The Balaban J connectivity index is 1.47. The molecule has 27 heavy (non-hydrogen) atoms. The Bertz CT molecular complexity index is 1030. The predicted octanol–water partition coefficient (Wildman–Crippen LogP) is 5.30. The highest BCUT2D eigenvalue weighted by atomic mass is 16.5. The Morgan fingerprint density at radius 1 is 0.963 bits per heavy atom. The van der Waals surface area contributed by atoms with Gasteiger partial charge in [-0.1, -0.05) is 59.8 Å². The molecule has 0 aliphatic rings. The number of allylic oxidation sites excluding steroid dienone is 1. The molecule has 0 aliphatic heterocycles. The maximum absolute atomic E-state index is 5.89. The van der Waals surface area contributed by atoms with Crippen molar-refractivity contribution >= 4 is 0 Å². The summed E-state index contributed by atoms with van der Waals surface area (Å²) in [5.74, 6) is 2.88. The minimum atomic E-state index is 0.313. The van der Waals surface area contributed by atoms with Gasteiger partial charge in [-0.3, -0.25) is 0 Å². The lowest BCUT2D eigenvalue weighted by Gasteiger charge is -2.08. The van der Waals surface area contributed by atoms with Gasteiger partial charge < -0.3 is 13.7 Å². The molecule has 134 valence electrons. The molecule has 5 nitrogen and oxygen atoms in total. The third-order valence-electron chi connectivity index (χ3n) is 4.04. The zero-order chi connectivity index (χ0) is 18.5. The zero-order valence-electron chi connectivity index (χ0n) is 14.7. The zero-order valence-corrected chi connectivity index (χ0v) is 14.7. The van der Waals surface area contributed by atoms with E-state index in [1.165, 1.54) is 0 Å². The molecule has 2 aromatic carbocycles. The van der Waals surface area contributed by atoms with Crippen molar-refractivity contribution in [2.24, 2.45) is 0 Å². The van der Waals surface area contributed by atoms with E-state index < -0.39 is 0 Å². The first-order chi connectivity index (χ1) is 13.3. The van der Waals surface area contributed by atoms with Gasteiger partial charge in [-0.25, -0.2) is 0 Å². The van der Waals surface area contributed by atoms with Crippen molar-refractivity contribution < 1.29 is 13.7 Å². The molecule has 0 bridgehead atoms. The molecule has 2 aromatic heterocycles. The van der Waals surface area contributed by atoms with E-state index in [4.69, 9.17) is 13.7 Å². The topological polar surface area (TPSA) is 61.3 Å². The molecular weight excluding hydrogens is 340 g/mol. The maximum atomic E-state index is 5.89. The Kier molecular flexibility index (Phi) is 4.83. The summed E-state index contributed by atoms with van der Waals surface area (Å²) in [6.45, 7) is 4.09. The second-order valence-corrected chi connectivity index (χ2v) is 5.94. The smallest absolute Gasteiger partial charge is 0.293 e. The molecule has 0 fully saturated rings. The Morgan fingerprint density at radius 3 is 2.63 bits per heavy atom. The molecule has 0 atom stereocenters. The van der Waals surface area contributed by atoms with Gasteiger partial charge in [-0.05, 0) is 30.2 Å². The number of para-hydroxylation sites is 1. The summed E-state index contributed by atoms with van der Waals surface area (Å²) in [7, 11) is 0. The van der Waals surface area contributed by atoms with Crippen LogP contribution in [0.2, 0.25) is 0 Å². The molecule has 0 radical (unpaired) electrons. The average molecular weight is 358 g/mol. The molecule has 0 spiro atoms. The SMILES string of the molecule is C=CCc1ccccc1OCc1ccc(-c2nc(-c3ccccc3)no2)o1. The van der Waals surface area contributed by atoms with Gasteiger partial charge in [-0.15, -0.1) is 6.58 Å². The highest BCUT2D eigenvalue weighted by Gasteiger charge is 2.14. The van der Waals surface area contributed by atoms with Gasteiger partial charge in [0.15, 0.2) is 5.76 Å². The lowest BCUT2D eigenvalue weighted by molar-refractivity contribution is 0.268.